The Hall–Kier alpha value is -2.70. The molecule has 24 heavy (non-hydrogen) atoms. The molecular weight excluding hydrogens is 310 g/mol. The Labute approximate surface area is 139 Å². The van der Waals surface area contributed by atoms with Crippen LogP contribution in [0.4, 0.5) is 5.69 Å². The fourth-order valence-electron chi connectivity index (χ4n) is 3.34. The number of hydrogen-bond acceptors (Lipinski definition) is 5. The first-order valence-corrected chi connectivity index (χ1v) is 7.88. The summed E-state index contributed by atoms with van der Waals surface area (Å²) in [5.41, 5.74) is 3.54. The third kappa shape index (κ3) is 2.77. The number of esters is 1. The number of benzene rings is 1. The molecule has 1 aliphatic carbocycles. The number of hydrogen-bond donors (Lipinski definition) is 0. The molecule has 3 rings (SSSR count). The van der Waals surface area contributed by atoms with Gasteiger partial charge in [-0.1, -0.05) is 12.1 Å². The van der Waals surface area contributed by atoms with Gasteiger partial charge in [-0.05, 0) is 31.7 Å². The monoisotopic (exact) mass is 329 g/mol. The highest BCUT2D eigenvalue weighted by Crippen LogP contribution is 2.33. The van der Waals surface area contributed by atoms with Crippen LogP contribution >= 0.6 is 0 Å². The van der Waals surface area contributed by atoms with E-state index in [1.807, 2.05) is 10.7 Å². The van der Waals surface area contributed by atoms with E-state index in [4.69, 9.17) is 4.74 Å². The lowest BCUT2D eigenvalue weighted by Crippen LogP contribution is -2.20. The first-order valence-electron chi connectivity index (χ1n) is 7.88. The van der Waals surface area contributed by atoms with Crippen LogP contribution in [0.25, 0.3) is 0 Å². The SMILES string of the molecule is COC(=O)[C@@H]1CCCc2c1cnn2Cc1cccc([N+](=O)[O-])c1C. The van der Waals surface area contributed by atoms with Crippen LogP contribution in [0.5, 0.6) is 0 Å². The molecule has 1 aliphatic rings. The smallest absolute Gasteiger partial charge is 0.313 e. The number of rotatable bonds is 4. The Bertz CT molecular complexity index is 797. The van der Waals surface area contributed by atoms with Crippen molar-refractivity contribution in [3.05, 3.63) is 56.9 Å². The molecule has 1 atom stereocenters. The topological polar surface area (TPSA) is 87.3 Å². The zero-order valence-electron chi connectivity index (χ0n) is 13.7. The van der Waals surface area contributed by atoms with Gasteiger partial charge in [-0.3, -0.25) is 19.6 Å². The van der Waals surface area contributed by atoms with Gasteiger partial charge in [0, 0.05) is 22.9 Å². The zero-order chi connectivity index (χ0) is 17.3. The molecular formula is C17H19N3O4. The van der Waals surface area contributed by atoms with Crippen LogP contribution in [0.15, 0.2) is 24.4 Å². The first kappa shape index (κ1) is 16.2. The number of nitrogens with zero attached hydrogens (tertiary/aromatic N) is 3. The molecule has 0 N–H and O–H groups in total. The Balaban J connectivity index is 1.93. The predicted molar refractivity (Wildman–Crippen MR) is 86.9 cm³/mol. The average molecular weight is 329 g/mol. The lowest BCUT2D eigenvalue weighted by molar-refractivity contribution is -0.385. The van der Waals surface area contributed by atoms with E-state index in [0.29, 0.717) is 12.1 Å². The van der Waals surface area contributed by atoms with E-state index in [0.717, 1.165) is 36.1 Å². The molecule has 2 aromatic rings. The lowest BCUT2D eigenvalue weighted by Gasteiger charge is -2.21. The van der Waals surface area contributed by atoms with Crippen molar-refractivity contribution in [3.8, 4) is 0 Å². The fraction of sp³-hybridized carbons (Fsp3) is 0.412. The van der Waals surface area contributed by atoms with Crippen molar-refractivity contribution in [2.75, 3.05) is 7.11 Å². The van der Waals surface area contributed by atoms with Crippen LogP contribution in [-0.4, -0.2) is 27.8 Å². The van der Waals surface area contributed by atoms with Crippen molar-refractivity contribution < 1.29 is 14.5 Å². The van der Waals surface area contributed by atoms with E-state index in [-0.39, 0.29) is 22.5 Å². The van der Waals surface area contributed by atoms with Crippen molar-refractivity contribution in [2.24, 2.45) is 0 Å². The van der Waals surface area contributed by atoms with Crippen LogP contribution in [0.1, 0.15) is 41.1 Å². The van der Waals surface area contributed by atoms with Crippen LogP contribution in [0.2, 0.25) is 0 Å². The van der Waals surface area contributed by atoms with E-state index in [2.05, 4.69) is 5.10 Å². The molecule has 1 aromatic carbocycles. The van der Waals surface area contributed by atoms with E-state index in [1.165, 1.54) is 13.2 Å². The number of carbonyl (C=O) groups is 1. The third-order valence-electron chi connectivity index (χ3n) is 4.68. The second-order valence-corrected chi connectivity index (χ2v) is 5.99. The second-order valence-electron chi connectivity index (χ2n) is 5.99. The van der Waals surface area contributed by atoms with Gasteiger partial charge in [0.25, 0.3) is 5.69 Å². The maximum absolute atomic E-state index is 11.9. The molecule has 0 aliphatic heterocycles. The van der Waals surface area contributed by atoms with E-state index < -0.39 is 0 Å². The summed E-state index contributed by atoms with van der Waals surface area (Å²) in [5.74, 6) is -0.499. The molecule has 0 fully saturated rings. The minimum Gasteiger partial charge on any atom is -0.469 e. The Morgan fingerprint density at radius 1 is 1.50 bits per heavy atom. The average Bonchev–Trinajstić information content (AvgIpc) is 2.99. The largest absolute Gasteiger partial charge is 0.469 e. The third-order valence-corrected chi connectivity index (χ3v) is 4.68. The van der Waals surface area contributed by atoms with Crippen LogP contribution in [0, 0.1) is 17.0 Å². The van der Waals surface area contributed by atoms with Gasteiger partial charge in [0.15, 0.2) is 0 Å². The minimum absolute atomic E-state index is 0.112. The Morgan fingerprint density at radius 3 is 3.00 bits per heavy atom. The molecule has 0 unspecified atom stereocenters. The van der Waals surface area contributed by atoms with Gasteiger partial charge >= 0.3 is 5.97 Å². The molecule has 0 saturated heterocycles. The maximum atomic E-state index is 11.9. The molecule has 0 radical (unpaired) electrons. The standard InChI is InChI=1S/C17H19N3O4/c1-11-12(5-3-7-15(11)20(22)23)10-19-16-8-4-6-13(17(21)24-2)14(16)9-18-19/h3,5,7,9,13H,4,6,8,10H2,1-2H3/t13-/m1/s1. The Kier molecular flexibility index (Phi) is 4.33. The van der Waals surface area contributed by atoms with Gasteiger partial charge in [0.1, 0.15) is 0 Å². The van der Waals surface area contributed by atoms with Crippen molar-refractivity contribution in [1.82, 2.24) is 9.78 Å². The minimum atomic E-state index is -0.370. The van der Waals surface area contributed by atoms with Gasteiger partial charge in [0.05, 0.1) is 30.7 Å². The summed E-state index contributed by atoms with van der Waals surface area (Å²) in [6.07, 6.45) is 4.23. The van der Waals surface area contributed by atoms with Crippen LogP contribution in [-0.2, 0) is 22.5 Å². The van der Waals surface area contributed by atoms with Gasteiger partial charge in [0.2, 0.25) is 0 Å². The molecule has 0 bridgehead atoms. The van der Waals surface area contributed by atoms with Gasteiger partial charge in [-0.15, -0.1) is 0 Å². The molecule has 0 spiro atoms. The maximum Gasteiger partial charge on any atom is 0.313 e. The highest BCUT2D eigenvalue weighted by Gasteiger charge is 2.30. The molecule has 7 nitrogen and oxygen atoms in total. The molecule has 1 aromatic heterocycles. The van der Waals surface area contributed by atoms with Crippen LogP contribution < -0.4 is 0 Å². The normalized spacial score (nSPS) is 16.5. The van der Waals surface area contributed by atoms with Crippen LogP contribution in [0.3, 0.4) is 0 Å². The summed E-state index contributed by atoms with van der Waals surface area (Å²) in [7, 11) is 1.40. The second kappa shape index (κ2) is 6.43. The van der Waals surface area contributed by atoms with Gasteiger partial charge in [-0.25, -0.2) is 0 Å². The summed E-state index contributed by atoms with van der Waals surface area (Å²) >= 11 is 0. The number of ether oxygens (including phenoxy) is 1. The Morgan fingerprint density at radius 2 is 2.29 bits per heavy atom. The highest BCUT2D eigenvalue weighted by molar-refractivity contribution is 5.78. The van der Waals surface area contributed by atoms with Crippen molar-refractivity contribution in [1.29, 1.82) is 0 Å². The summed E-state index contributed by atoms with van der Waals surface area (Å²) in [4.78, 5) is 22.7. The van der Waals surface area contributed by atoms with E-state index in [9.17, 15) is 14.9 Å². The number of aromatic nitrogens is 2. The van der Waals surface area contributed by atoms with Gasteiger partial charge < -0.3 is 4.74 Å². The van der Waals surface area contributed by atoms with Crippen molar-refractivity contribution in [2.45, 2.75) is 38.6 Å². The van der Waals surface area contributed by atoms with Crippen molar-refractivity contribution >= 4 is 11.7 Å². The zero-order valence-corrected chi connectivity index (χ0v) is 13.7. The van der Waals surface area contributed by atoms with Gasteiger partial charge in [-0.2, -0.15) is 5.10 Å². The summed E-state index contributed by atoms with van der Waals surface area (Å²) in [6.45, 7) is 2.21. The molecule has 126 valence electrons. The first-order chi connectivity index (χ1) is 11.5. The highest BCUT2D eigenvalue weighted by atomic mass is 16.6. The predicted octanol–water partition coefficient (Wildman–Crippen LogP) is 2.74. The number of fused-ring (bicyclic) bond motifs is 1. The summed E-state index contributed by atoms with van der Waals surface area (Å²) in [6, 6.07) is 5.06. The quantitative estimate of drug-likeness (QED) is 0.489. The fourth-order valence-corrected chi connectivity index (χ4v) is 3.34. The molecule has 1 heterocycles. The lowest BCUT2D eigenvalue weighted by atomic mass is 9.87. The summed E-state index contributed by atoms with van der Waals surface area (Å²) < 4.78 is 6.73. The number of nitro benzene ring substituents is 1. The van der Waals surface area contributed by atoms with E-state index >= 15 is 0 Å². The molecule has 0 saturated carbocycles. The summed E-state index contributed by atoms with van der Waals surface area (Å²) in [5, 5.41) is 15.5. The van der Waals surface area contributed by atoms with Crippen molar-refractivity contribution in [3.63, 3.8) is 0 Å². The number of methoxy groups -OCH3 is 1. The molecule has 7 heteroatoms. The van der Waals surface area contributed by atoms with E-state index in [1.54, 1.807) is 19.2 Å². The number of nitro groups is 1. The number of carbonyl (C=O) groups excluding carboxylic acids is 1. The molecule has 0 amide bonds.